The lowest BCUT2D eigenvalue weighted by atomic mass is 10.0. The van der Waals surface area contributed by atoms with Gasteiger partial charge in [-0.1, -0.05) is 20.4 Å². The number of hydrogen-bond acceptors (Lipinski definition) is 4. The zero-order chi connectivity index (χ0) is 14.1. The maximum absolute atomic E-state index is 11.9. The molecular formula is C10H16N2O5S. The molecule has 0 aromatic heterocycles. The Bertz CT molecular complexity index is 471. The normalized spacial score (nSPS) is 18.3. The van der Waals surface area contributed by atoms with E-state index in [0.717, 1.165) is 4.90 Å². The van der Waals surface area contributed by atoms with Crippen molar-refractivity contribution in [1.29, 1.82) is 0 Å². The smallest absolute Gasteiger partial charge is 0.334 e. The number of hydrogen-bond donors (Lipinski definition) is 1. The van der Waals surface area contributed by atoms with E-state index < -0.39 is 28.1 Å². The summed E-state index contributed by atoms with van der Waals surface area (Å²) in [6.07, 6.45) is 0. The van der Waals surface area contributed by atoms with Gasteiger partial charge in [-0.05, 0) is 5.92 Å². The van der Waals surface area contributed by atoms with Crippen molar-refractivity contribution in [1.82, 2.24) is 9.21 Å². The molecule has 0 aliphatic carbocycles. The molecule has 0 saturated carbocycles. The third-order valence-electron chi connectivity index (χ3n) is 2.74. The second kappa shape index (κ2) is 4.97. The monoisotopic (exact) mass is 276 g/mol. The Labute approximate surface area is 106 Å². The summed E-state index contributed by atoms with van der Waals surface area (Å²) in [6, 6.07) is -1.83. The molecule has 0 spiro atoms. The van der Waals surface area contributed by atoms with Gasteiger partial charge in [0, 0.05) is 12.0 Å². The first kappa shape index (κ1) is 14.5. The minimum atomic E-state index is -3.85. The first-order valence-electron chi connectivity index (χ1n) is 5.41. The van der Waals surface area contributed by atoms with Crippen LogP contribution in [0.1, 0.15) is 13.8 Å². The number of sulfonamides is 1. The number of rotatable bonds is 5. The van der Waals surface area contributed by atoms with E-state index in [2.05, 4.69) is 6.58 Å². The Hall–Kier alpha value is -1.57. The fourth-order valence-corrected chi connectivity index (χ4v) is 2.73. The van der Waals surface area contributed by atoms with Gasteiger partial charge < -0.3 is 10.0 Å². The summed E-state index contributed by atoms with van der Waals surface area (Å²) in [5.74, 6) is -1.45. The molecule has 1 atom stereocenters. The molecule has 2 amide bonds. The van der Waals surface area contributed by atoms with E-state index in [9.17, 15) is 18.0 Å². The van der Waals surface area contributed by atoms with Gasteiger partial charge in [-0.2, -0.15) is 0 Å². The van der Waals surface area contributed by atoms with E-state index in [-0.39, 0.29) is 19.0 Å². The standard InChI is InChI=1S/C10H16N2O5S/c1-4-18(16,17)12-6-5-11(10(12)15)8(7(2)3)9(13)14/h4,7-8H,1,5-6H2,2-3H3,(H,13,14)/t8-/m0/s1. The Morgan fingerprint density at radius 1 is 1.44 bits per heavy atom. The predicted octanol–water partition coefficient (Wildman–Crippen LogP) is 0.307. The van der Waals surface area contributed by atoms with Crippen molar-refractivity contribution in [3.8, 4) is 0 Å². The van der Waals surface area contributed by atoms with Gasteiger partial charge in [0.15, 0.2) is 0 Å². The lowest BCUT2D eigenvalue weighted by molar-refractivity contribution is -0.143. The van der Waals surface area contributed by atoms with Gasteiger partial charge in [-0.3, -0.25) is 0 Å². The minimum absolute atomic E-state index is 0.0519. The number of urea groups is 1. The highest BCUT2D eigenvalue weighted by molar-refractivity contribution is 7.92. The molecule has 0 unspecified atom stereocenters. The quantitative estimate of drug-likeness (QED) is 0.779. The summed E-state index contributed by atoms with van der Waals surface area (Å²) in [4.78, 5) is 24.1. The van der Waals surface area contributed by atoms with Crippen LogP contribution in [0.3, 0.4) is 0 Å². The predicted molar refractivity (Wildman–Crippen MR) is 64.2 cm³/mol. The van der Waals surface area contributed by atoms with Crippen LogP contribution in [0.25, 0.3) is 0 Å². The van der Waals surface area contributed by atoms with Crippen LogP contribution in [0.2, 0.25) is 0 Å². The fraction of sp³-hybridized carbons (Fsp3) is 0.600. The summed E-state index contributed by atoms with van der Waals surface area (Å²) in [5, 5.41) is 9.77. The van der Waals surface area contributed by atoms with Crippen molar-refractivity contribution in [2.75, 3.05) is 13.1 Å². The summed E-state index contributed by atoms with van der Waals surface area (Å²) in [6.45, 7) is 6.48. The molecule has 102 valence electrons. The number of carbonyl (C=O) groups excluding carboxylic acids is 1. The molecule has 1 aliphatic heterocycles. The molecule has 1 fully saturated rings. The van der Waals surface area contributed by atoms with Gasteiger partial charge in [0.1, 0.15) is 6.04 Å². The number of carbonyl (C=O) groups is 2. The third-order valence-corrected chi connectivity index (χ3v) is 4.12. The topological polar surface area (TPSA) is 95.0 Å². The average Bonchev–Trinajstić information content (AvgIpc) is 2.61. The number of aliphatic carboxylic acids is 1. The molecule has 0 bridgehead atoms. The van der Waals surface area contributed by atoms with Crippen molar-refractivity contribution in [3.05, 3.63) is 12.0 Å². The summed E-state index contributed by atoms with van der Waals surface area (Å²) in [5.41, 5.74) is 0. The average molecular weight is 276 g/mol. The number of nitrogens with zero attached hydrogens (tertiary/aromatic N) is 2. The van der Waals surface area contributed by atoms with Gasteiger partial charge in [0.25, 0.3) is 10.0 Å². The summed E-state index contributed by atoms with van der Waals surface area (Å²) < 4.78 is 23.7. The van der Waals surface area contributed by atoms with E-state index in [0.29, 0.717) is 9.71 Å². The molecule has 0 aromatic rings. The Balaban J connectivity index is 3.01. The van der Waals surface area contributed by atoms with Crippen LogP contribution in [-0.4, -0.2) is 53.9 Å². The zero-order valence-electron chi connectivity index (χ0n) is 10.2. The molecule has 0 radical (unpaired) electrons. The third kappa shape index (κ3) is 2.47. The first-order chi connectivity index (χ1) is 8.22. The highest BCUT2D eigenvalue weighted by Crippen LogP contribution is 2.21. The first-order valence-corrected chi connectivity index (χ1v) is 6.91. The lowest BCUT2D eigenvalue weighted by Gasteiger charge is -2.26. The SMILES string of the molecule is C=CS(=O)(=O)N1CCN([C@H](C(=O)O)C(C)C)C1=O. The Morgan fingerprint density at radius 3 is 2.39 bits per heavy atom. The maximum Gasteiger partial charge on any atom is 0.334 e. The summed E-state index contributed by atoms with van der Waals surface area (Å²) >= 11 is 0. The van der Waals surface area contributed by atoms with Crippen LogP contribution in [0.5, 0.6) is 0 Å². The highest BCUT2D eigenvalue weighted by Gasteiger charge is 2.42. The molecule has 1 saturated heterocycles. The van der Waals surface area contributed by atoms with Gasteiger partial charge in [0.2, 0.25) is 0 Å². The van der Waals surface area contributed by atoms with Crippen LogP contribution in [0.15, 0.2) is 12.0 Å². The summed E-state index contributed by atoms with van der Waals surface area (Å²) in [7, 11) is -3.85. The molecule has 1 heterocycles. The number of carboxylic acid groups (broad SMARTS) is 1. The van der Waals surface area contributed by atoms with Crippen LogP contribution in [-0.2, 0) is 14.8 Å². The second-order valence-electron chi connectivity index (χ2n) is 4.29. The van der Waals surface area contributed by atoms with Crippen LogP contribution in [0.4, 0.5) is 4.79 Å². The molecule has 1 aliphatic rings. The van der Waals surface area contributed by atoms with Gasteiger partial charge in [-0.15, -0.1) is 0 Å². The largest absolute Gasteiger partial charge is 0.480 e. The van der Waals surface area contributed by atoms with Crippen LogP contribution < -0.4 is 0 Å². The number of carboxylic acids is 1. The van der Waals surface area contributed by atoms with Crippen molar-refractivity contribution < 1.29 is 23.1 Å². The molecular weight excluding hydrogens is 260 g/mol. The van der Waals surface area contributed by atoms with Gasteiger partial charge in [0.05, 0.1) is 6.54 Å². The van der Waals surface area contributed by atoms with E-state index in [1.807, 2.05) is 0 Å². The van der Waals surface area contributed by atoms with Crippen molar-refractivity contribution in [3.63, 3.8) is 0 Å². The lowest BCUT2D eigenvalue weighted by Crippen LogP contribution is -2.47. The molecule has 18 heavy (non-hydrogen) atoms. The Morgan fingerprint density at radius 2 is 2.00 bits per heavy atom. The zero-order valence-corrected chi connectivity index (χ0v) is 11.1. The van der Waals surface area contributed by atoms with Crippen LogP contribution in [0, 0.1) is 5.92 Å². The Kier molecular flexibility index (Phi) is 4.00. The molecule has 7 nitrogen and oxygen atoms in total. The molecule has 1 N–H and O–H groups in total. The van der Waals surface area contributed by atoms with Crippen molar-refractivity contribution in [2.24, 2.45) is 5.92 Å². The van der Waals surface area contributed by atoms with Gasteiger partial charge in [-0.25, -0.2) is 22.3 Å². The van der Waals surface area contributed by atoms with Crippen molar-refractivity contribution in [2.45, 2.75) is 19.9 Å². The van der Waals surface area contributed by atoms with E-state index >= 15 is 0 Å². The minimum Gasteiger partial charge on any atom is -0.480 e. The van der Waals surface area contributed by atoms with E-state index in [1.54, 1.807) is 13.8 Å². The van der Waals surface area contributed by atoms with Gasteiger partial charge >= 0.3 is 12.0 Å². The fourth-order valence-electron chi connectivity index (χ4n) is 1.90. The molecule has 1 rings (SSSR count). The van der Waals surface area contributed by atoms with E-state index in [1.165, 1.54) is 0 Å². The molecule has 0 aromatic carbocycles. The van der Waals surface area contributed by atoms with E-state index in [4.69, 9.17) is 5.11 Å². The highest BCUT2D eigenvalue weighted by atomic mass is 32.2. The molecule has 8 heteroatoms. The van der Waals surface area contributed by atoms with Crippen molar-refractivity contribution >= 4 is 22.0 Å². The number of amides is 2. The van der Waals surface area contributed by atoms with Crippen LogP contribution >= 0.6 is 0 Å². The maximum atomic E-state index is 11.9. The second-order valence-corrected chi connectivity index (χ2v) is 6.09.